The Morgan fingerprint density at radius 1 is 0.840 bits per heavy atom. The minimum atomic E-state index is -1.62. The SMILES string of the molecule is CCCCCCN(Cc1ccccn1)Cc1ccccn1.[Cl][Cr]([Cl])[Cl]. The van der Waals surface area contributed by atoms with Gasteiger partial charge in [0.05, 0.1) is 11.4 Å². The Hall–Kier alpha value is -0.338. The molecule has 2 rings (SSSR count). The Balaban J connectivity index is 0.000000705. The molecule has 0 unspecified atom stereocenters. The van der Waals surface area contributed by atoms with Crippen molar-refractivity contribution in [1.82, 2.24) is 14.9 Å². The molecule has 139 valence electrons. The standard InChI is InChI=1S/C18H25N3.3ClH.Cr/c1-2-3-4-9-14-21(15-17-10-5-7-12-19-17)16-18-11-6-8-13-20-18;;;;/h5-8,10-13H,2-4,9,14-16H2,1H3;3*1H;/q;;;;+3/p-3. The molecule has 0 spiro atoms. The molecule has 0 aliphatic rings. The first kappa shape index (κ1) is 22.7. The van der Waals surface area contributed by atoms with Gasteiger partial charge in [-0.05, 0) is 37.2 Å². The number of aromatic nitrogens is 2. The van der Waals surface area contributed by atoms with Gasteiger partial charge in [0.2, 0.25) is 0 Å². The zero-order valence-electron chi connectivity index (χ0n) is 14.5. The maximum absolute atomic E-state index is 4.93. The first-order chi connectivity index (χ1) is 12.1. The number of hydrogen-bond acceptors (Lipinski definition) is 3. The summed E-state index contributed by atoms with van der Waals surface area (Å²) in [6.07, 6.45) is 8.88. The molecule has 3 nitrogen and oxygen atoms in total. The van der Waals surface area contributed by atoms with Crippen LogP contribution in [0, 0.1) is 0 Å². The summed E-state index contributed by atoms with van der Waals surface area (Å²) in [5.74, 6) is 0. The molecule has 7 heteroatoms. The van der Waals surface area contributed by atoms with Gasteiger partial charge in [-0.3, -0.25) is 14.9 Å². The van der Waals surface area contributed by atoms with E-state index in [1.54, 1.807) is 0 Å². The van der Waals surface area contributed by atoms with Crippen LogP contribution in [0.15, 0.2) is 48.8 Å². The molecule has 2 heterocycles. The van der Waals surface area contributed by atoms with Gasteiger partial charge in [0.15, 0.2) is 0 Å². The molecule has 2 aromatic rings. The molecule has 0 amide bonds. The fraction of sp³-hybridized carbons (Fsp3) is 0.444. The van der Waals surface area contributed by atoms with E-state index in [0.29, 0.717) is 0 Å². The predicted octanol–water partition coefficient (Wildman–Crippen LogP) is 6.13. The van der Waals surface area contributed by atoms with Crippen molar-refractivity contribution in [1.29, 1.82) is 0 Å². The van der Waals surface area contributed by atoms with E-state index in [2.05, 4.69) is 46.1 Å². The molecule has 0 atom stereocenters. The Morgan fingerprint density at radius 3 is 1.76 bits per heavy atom. The van der Waals surface area contributed by atoms with E-state index in [9.17, 15) is 0 Å². The average molecular weight is 442 g/mol. The van der Waals surface area contributed by atoms with E-state index in [1.165, 1.54) is 25.7 Å². The van der Waals surface area contributed by atoms with E-state index >= 15 is 0 Å². The van der Waals surface area contributed by atoms with Gasteiger partial charge in [-0.25, -0.2) is 0 Å². The van der Waals surface area contributed by atoms with Crippen LogP contribution in [0.4, 0.5) is 0 Å². The van der Waals surface area contributed by atoms with E-state index in [1.807, 2.05) is 24.5 Å². The van der Waals surface area contributed by atoms with Crippen molar-refractivity contribution in [3.8, 4) is 0 Å². The second kappa shape index (κ2) is 14.8. The van der Waals surface area contributed by atoms with Crippen LogP contribution in [0.2, 0.25) is 0 Å². The zero-order chi connectivity index (χ0) is 18.3. The summed E-state index contributed by atoms with van der Waals surface area (Å²) in [6.45, 7) is 5.14. The van der Waals surface area contributed by atoms with Crippen LogP contribution in [0.1, 0.15) is 44.0 Å². The van der Waals surface area contributed by atoms with Crippen molar-refractivity contribution in [3.63, 3.8) is 0 Å². The second-order valence-electron chi connectivity index (χ2n) is 5.59. The number of halogens is 3. The minimum absolute atomic E-state index is 0.892. The number of rotatable bonds is 9. The molecular formula is C18H25Cl3CrN3. The van der Waals surface area contributed by atoms with Crippen molar-refractivity contribution in [2.45, 2.75) is 45.7 Å². The van der Waals surface area contributed by atoms with Gasteiger partial charge in [0.1, 0.15) is 0 Å². The van der Waals surface area contributed by atoms with Crippen molar-refractivity contribution < 1.29 is 11.4 Å². The maximum atomic E-state index is 4.93. The summed E-state index contributed by atoms with van der Waals surface area (Å²) in [5, 5.41) is 0. The van der Waals surface area contributed by atoms with Crippen LogP contribution in [0.25, 0.3) is 0 Å². The molecule has 0 saturated heterocycles. The van der Waals surface area contributed by atoms with Crippen molar-refractivity contribution in [3.05, 3.63) is 60.2 Å². The molecule has 0 aromatic carbocycles. The molecule has 0 aliphatic heterocycles. The molecule has 0 bridgehead atoms. The molecular weight excluding hydrogens is 417 g/mol. The van der Waals surface area contributed by atoms with Gasteiger partial charge < -0.3 is 0 Å². The van der Waals surface area contributed by atoms with E-state index in [4.69, 9.17) is 30.1 Å². The third-order valence-corrected chi connectivity index (χ3v) is 3.55. The van der Waals surface area contributed by atoms with Gasteiger partial charge in [-0.15, -0.1) is 0 Å². The summed E-state index contributed by atoms with van der Waals surface area (Å²) >= 11 is -1.62. The quantitative estimate of drug-likeness (QED) is 0.439. The second-order valence-corrected chi connectivity index (χ2v) is 11.9. The Labute approximate surface area is 168 Å². The molecule has 0 N–H and O–H groups in total. The van der Waals surface area contributed by atoms with Gasteiger partial charge in [0.25, 0.3) is 0 Å². The fourth-order valence-corrected chi connectivity index (χ4v) is 2.42. The van der Waals surface area contributed by atoms with Gasteiger partial charge in [-0.1, -0.05) is 38.3 Å². The third kappa shape index (κ3) is 12.6. The number of nitrogens with zero attached hydrogens (tertiary/aromatic N) is 3. The Kier molecular flexibility index (Phi) is 13.4. The normalized spacial score (nSPS) is 10.6. The van der Waals surface area contributed by atoms with E-state index in [-0.39, 0.29) is 0 Å². The number of hydrogen-bond donors (Lipinski definition) is 0. The Morgan fingerprint density at radius 2 is 1.36 bits per heavy atom. The summed E-state index contributed by atoms with van der Waals surface area (Å²) in [4.78, 5) is 11.3. The van der Waals surface area contributed by atoms with E-state index < -0.39 is 11.4 Å². The molecule has 0 radical (unpaired) electrons. The molecule has 0 saturated carbocycles. The van der Waals surface area contributed by atoms with Crippen LogP contribution >= 0.6 is 30.1 Å². The van der Waals surface area contributed by atoms with Crippen LogP contribution in [0.3, 0.4) is 0 Å². The summed E-state index contributed by atoms with van der Waals surface area (Å²) in [6, 6.07) is 12.2. The van der Waals surface area contributed by atoms with Gasteiger partial charge in [0, 0.05) is 25.5 Å². The number of unbranched alkanes of at least 4 members (excludes halogenated alkanes) is 3. The van der Waals surface area contributed by atoms with Crippen LogP contribution in [-0.2, 0) is 24.5 Å². The van der Waals surface area contributed by atoms with Crippen LogP contribution in [0.5, 0.6) is 0 Å². The summed E-state index contributed by atoms with van der Waals surface area (Å²) in [7, 11) is 14.8. The number of pyridine rings is 2. The van der Waals surface area contributed by atoms with Crippen LogP contribution < -0.4 is 0 Å². The van der Waals surface area contributed by atoms with Gasteiger partial charge >= 0.3 is 41.5 Å². The van der Waals surface area contributed by atoms with Gasteiger partial charge in [-0.2, -0.15) is 0 Å². The average Bonchev–Trinajstić information content (AvgIpc) is 2.60. The third-order valence-electron chi connectivity index (χ3n) is 3.55. The zero-order valence-corrected chi connectivity index (χ0v) is 18.0. The topological polar surface area (TPSA) is 29.0 Å². The van der Waals surface area contributed by atoms with Crippen molar-refractivity contribution >= 4 is 30.1 Å². The Bertz CT molecular complexity index is 500. The fourth-order valence-electron chi connectivity index (χ4n) is 2.42. The molecule has 2 aromatic heterocycles. The molecule has 0 aliphatic carbocycles. The summed E-state index contributed by atoms with van der Waals surface area (Å²) in [5.41, 5.74) is 2.26. The first-order valence-corrected chi connectivity index (χ1v) is 13.6. The first-order valence-electron chi connectivity index (χ1n) is 8.37. The van der Waals surface area contributed by atoms with Crippen molar-refractivity contribution in [2.75, 3.05) is 6.54 Å². The van der Waals surface area contributed by atoms with Crippen molar-refractivity contribution in [2.24, 2.45) is 0 Å². The molecule has 25 heavy (non-hydrogen) atoms. The van der Waals surface area contributed by atoms with E-state index in [0.717, 1.165) is 31.0 Å². The monoisotopic (exact) mass is 440 g/mol. The predicted molar refractivity (Wildman–Crippen MR) is 104 cm³/mol. The summed E-state index contributed by atoms with van der Waals surface area (Å²) < 4.78 is 0. The van der Waals surface area contributed by atoms with Crippen LogP contribution in [-0.4, -0.2) is 21.4 Å². The molecule has 0 fully saturated rings.